The van der Waals surface area contributed by atoms with E-state index < -0.39 is 11.9 Å². The molecular formula is C17H17NO5. The van der Waals surface area contributed by atoms with Gasteiger partial charge in [-0.1, -0.05) is 30.3 Å². The molecule has 0 atom stereocenters. The molecule has 23 heavy (non-hydrogen) atoms. The summed E-state index contributed by atoms with van der Waals surface area (Å²) in [5.41, 5.74) is 1.03. The van der Waals surface area contributed by atoms with Crippen LogP contribution in [0.25, 0.3) is 11.3 Å². The standard InChI is InChI=1S/C17H17NO5/c1-4-22-17(21)14-10-18(11(2)19)15(16(14)23-12(3)20)13-8-6-5-7-9-13/h5-10H,4H2,1-3H3. The fourth-order valence-electron chi connectivity index (χ4n) is 2.21. The van der Waals surface area contributed by atoms with Crippen molar-refractivity contribution in [3.05, 3.63) is 42.1 Å². The van der Waals surface area contributed by atoms with E-state index in [1.54, 1.807) is 31.2 Å². The van der Waals surface area contributed by atoms with Gasteiger partial charge < -0.3 is 9.47 Å². The zero-order valence-electron chi connectivity index (χ0n) is 13.2. The minimum atomic E-state index is -0.652. The van der Waals surface area contributed by atoms with Gasteiger partial charge in [0.05, 0.1) is 12.3 Å². The topological polar surface area (TPSA) is 74.6 Å². The highest BCUT2D eigenvalue weighted by Gasteiger charge is 2.27. The third-order valence-corrected chi connectivity index (χ3v) is 3.09. The molecule has 1 aromatic heterocycles. The van der Waals surface area contributed by atoms with Crippen molar-refractivity contribution in [2.45, 2.75) is 20.8 Å². The largest absolute Gasteiger partial charge is 0.462 e. The Morgan fingerprint density at radius 2 is 1.74 bits per heavy atom. The van der Waals surface area contributed by atoms with Gasteiger partial charge in [0.1, 0.15) is 5.56 Å². The minimum absolute atomic E-state index is 0.0253. The first-order chi connectivity index (χ1) is 11.0. The lowest BCUT2D eigenvalue weighted by Gasteiger charge is -2.09. The normalized spacial score (nSPS) is 10.2. The number of benzene rings is 1. The molecule has 0 aliphatic heterocycles. The van der Waals surface area contributed by atoms with Gasteiger partial charge in [0.2, 0.25) is 5.91 Å². The SMILES string of the molecule is CCOC(=O)c1cn(C(C)=O)c(-c2ccccc2)c1OC(C)=O. The first kappa shape index (κ1) is 16.5. The van der Waals surface area contributed by atoms with Crippen molar-refractivity contribution >= 4 is 17.8 Å². The van der Waals surface area contributed by atoms with E-state index in [0.29, 0.717) is 11.3 Å². The summed E-state index contributed by atoms with van der Waals surface area (Å²) in [5, 5.41) is 0. The lowest BCUT2D eigenvalue weighted by atomic mass is 10.1. The van der Waals surface area contributed by atoms with Gasteiger partial charge in [-0.2, -0.15) is 0 Å². The smallest absolute Gasteiger partial charge is 0.343 e. The average molecular weight is 315 g/mol. The average Bonchev–Trinajstić information content (AvgIpc) is 2.87. The lowest BCUT2D eigenvalue weighted by Crippen LogP contribution is -2.09. The van der Waals surface area contributed by atoms with Crippen LogP contribution in [0.4, 0.5) is 0 Å². The molecule has 2 rings (SSSR count). The summed E-state index contributed by atoms with van der Waals surface area (Å²) in [6, 6.07) is 8.92. The Bertz CT molecular complexity index is 746. The fraction of sp³-hybridized carbons (Fsp3) is 0.235. The molecule has 1 heterocycles. The number of aromatic nitrogens is 1. The zero-order valence-corrected chi connectivity index (χ0v) is 13.2. The van der Waals surface area contributed by atoms with Gasteiger partial charge in [-0.3, -0.25) is 14.2 Å². The molecule has 0 aliphatic rings. The van der Waals surface area contributed by atoms with Crippen LogP contribution in [0.5, 0.6) is 5.75 Å². The Hall–Kier alpha value is -2.89. The number of ether oxygens (including phenoxy) is 2. The van der Waals surface area contributed by atoms with Crippen molar-refractivity contribution in [2.24, 2.45) is 0 Å². The molecule has 0 saturated carbocycles. The second-order valence-electron chi connectivity index (χ2n) is 4.79. The van der Waals surface area contributed by atoms with Crippen LogP contribution in [0.15, 0.2) is 36.5 Å². The van der Waals surface area contributed by atoms with Crippen molar-refractivity contribution in [2.75, 3.05) is 6.61 Å². The van der Waals surface area contributed by atoms with E-state index in [4.69, 9.17) is 9.47 Å². The molecular weight excluding hydrogens is 298 g/mol. The maximum Gasteiger partial charge on any atom is 0.343 e. The van der Waals surface area contributed by atoms with Crippen LogP contribution in [0.1, 0.15) is 35.9 Å². The van der Waals surface area contributed by atoms with Gasteiger partial charge in [0.15, 0.2) is 5.75 Å². The Morgan fingerprint density at radius 1 is 1.09 bits per heavy atom. The van der Waals surface area contributed by atoms with Gasteiger partial charge in [-0.15, -0.1) is 0 Å². The summed E-state index contributed by atoms with van der Waals surface area (Å²) in [7, 11) is 0. The summed E-state index contributed by atoms with van der Waals surface area (Å²) in [6.45, 7) is 4.43. The van der Waals surface area contributed by atoms with Gasteiger partial charge in [0, 0.05) is 25.6 Å². The number of nitrogens with zero attached hydrogens (tertiary/aromatic N) is 1. The molecule has 0 N–H and O–H groups in total. The van der Waals surface area contributed by atoms with Crippen molar-refractivity contribution in [3.8, 4) is 17.0 Å². The molecule has 0 fully saturated rings. The fourth-order valence-corrected chi connectivity index (χ4v) is 2.21. The molecule has 6 nitrogen and oxygen atoms in total. The van der Waals surface area contributed by atoms with Gasteiger partial charge in [-0.05, 0) is 6.92 Å². The monoisotopic (exact) mass is 315 g/mol. The second kappa shape index (κ2) is 6.91. The second-order valence-corrected chi connectivity index (χ2v) is 4.79. The van der Waals surface area contributed by atoms with Crippen molar-refractivity contribution in [1.29, 1.82) is 0 Å². The van der Waals surface area contributed by atoms with E-state index in [1.165, 1.54) is 24.6 Å². The maximum absolute atomic E-state index is 12.1. The van der Waals surface area contributed by atoms with Gasteiger partial charge >= 0.3 is 11.9 Å². The van der Waals surface area contributed by atoms with E-state index >= 15 is 0 Å². The van der Waals surface area contributed by atoms with Crippen molar-refractivity contribution in [1.82, 2.24) is 4.57 Å². The Labute approximate surface area is 133 Å². The molecule has 0 amide bonds. The maximum atomic E-state index is 12.1. The number of esters is 2. The first-order valence-corrected chi connectivity index (χ1v) is 7.13. The summed E-state index contributed by atoms with van der Waals surface area (Å²) >= 11 is 0. The highest BCUT2D eigenvalue weighted by molar-refractivity contribution is 5.99. The van der Waals surface area contributed by atoms with E-state index in [2.05, 4.69) is 0 Å². The molecule has 1 aromatic carbocycles. The quantitative estimate of drug-likeness (QED) is 0.811. The molecule has 0 radical (unpaired) electrons. The van der Waals surface area contributed by atoms with Crippen molar-refractivity contribution < 1.29 is 23.9 Å². The first-order valence-electron chi connectivity index (χ1n) is 7.13. The number of carbonyl (C=O) groups is 3. The van der Waals surface area contributed by atoms with Crippen LogP contribution >= 0.6 is 0 Å². The van der Waals surface area contributed by atoms with E-state index in [0.717, 1.165) is 0 Å². The predicted molar refractivity (Wildman–Crippen MR) is 83.4 cm³/mol. The molecule has 2 aromatic rings. The Balaban J connectivity index is 2.72. The third kappa shape index (κ3) is 3.48. The van der Waals surface area contributed by atoms with Crippen LogP contribution < -0.4 is 4.74 Å². The van der Waals surface area contributed by atoms with Crippen LogP contribution in [-0.2, 0) is 9.53 Å². The predicted octanol–water partition coefficient (Wildman–Crippen LogP) is 2.92. The summed E-state index contributed by atoms with van der Waals surface area (Å²) in [5.74, 6) is -1.53. The third-order valence-electron chi connectivity index (χ3n) is 3.09. The summed E-state index contributed by atoms with van der Waals surface area (Å²) in [6.07, 6.45) is 1.33. The minimum Gasteiger partial charge on any atom is -0.462 e. The molecule has 0 bridgehead atoms. The lowest BCUT2D eigenvalue weighted by molar-refractivity contribution is -0.131. The van der Waals surface area contributed by atoms with Crippen molar-refractivity contribution in [3.63, 3.8) is 0 Å². The molecule has 0 unspecified atom stereocenters. The van der Waals surface area contributed by atoms with Gasteiger partial charge in [-0.25, -0.2) is 4.79 Å². The molecule has 0 aliphatic carbocycles. The van der Waals surface area contributed by atoms with Crippen LogP contribution in [-0.4, -0.2) is 29.0 Å². The van der Waals surface area contributed by atoms with E-state index in [-0.39, 0.29) is 23.8 Å². The molecule has 6 heteroatoms. The summed E-state index contributed by atoms with van der Waals surface area (Å²) in [4.78, 5) is 35.5. The van der Waals surface area contributed by atoms with Crippen LogP contribution in [0, 0.1) is 0 Å². The number of hydrogen-bond donors (Lipinski definition) is 0. The molecule has 120 valence electrons. The zero-order chi connectivity index (χ0) is 17.0. The highest BCUT2D eigenvalue weighted by atomic mass is 16.5. The van der Waals surface area contributed by atoms with E-state index in [9.17, 15) is 14.4 Å². The summed E-state index contributed by atoms with van der Waals surface area (Å²) < 4.78 is 11.5. The number of carbonyl (C=O) groups excluding carboxylic acids is 3. The molecule has 0 spiro atoms. The number of rotatable bonds is 4. The number of hydrogen-bond acceptors (Lipinski definition) is 5. The van der Waals surface area contributed by atoms with Crippen LogP contribution in [0.2, 0.25) is 0 Å². The Kier molecular flexibility index (Phi) is 4.95. The Morgan fingerprint density at radius 3 is 2.26 bits per heavy atom. The van der Waals surface area contributed by atoms with E-state index in [1.807, 2.05) is 6.07 Å². The van der Waals surface area contributed by atoms with Crippen LogP contribution in [0.3, 0.4) is 0 Å². The van der Waals surface area contributed by atoms with Gasteiger partial charge in [0.25, 0.3) is 0 Å². The highest BCUT2D eigenvalue weighted by Crippen LogP contribution is 2.36. The molecule has 0 saturated heterocycles.